The Morgan fingerprint density at radius 1 is 1.07 bits per heavy atom. The van der Waals surface area contributed by atoms with Gasteiger partial charge in [0.2, 0.25) is 0 Å². The average molecular weight is 562 g/mol. The van der Waals surface area contributed by atoms with Crippen LogP contribution in [0.15, 0.2) is 54.6 Å². The normalized spacial score (nSPS) is 33.0. The zero-order valence-electron chi connectivity index (χ0n) is 24.3. The van der Waals surface area contributed by atoms with Gasteiger partial charge in [0, 0.05) is 54.7 Å². The number of fused-ring (bicyclic) bond motifs is 1. The quantitative estimate of drug-likeness (QED) is 0.393. The first-order valence-electron chi connectivity index (χ1n) is 14.3. The van der Waals surface area contributed by atoms with Gasteiger partial charge in [0.05, 0.1) is 26.8 Å². The number of methoxy groups -OCH3 is 2. The minimum absolute atomic E-state index is 0.00555. The topological polar surface area (TPSA) is 101 Å². The van der Waals surface area contributed by atoms with Gasteiger partial charge in [-0.05, 0) is 55.3 Å². The first kappa shape index (κ1) is 27.6. The predicted octanol–water partition coefficient (Wildman–Crippen LogP) is 2.91. The van der Waals surface area contributed by atoms with Gasteiger partial charge >= 0.3 is 5.97 Å². The van der Waals surface area contributed by atoms with Gasteiger partial charge in [-0.15, -0.1) is 0 Å². The Kier molecular flexibility index (Phi) is 6.58. The van der Waals surface area contributed by atoms with Gasteiger partial charge in [-0.3, -0.25) is 14.5 Å². The number of hydrogen-bond acceptors (Lipinski definition) is 8. The van der Waals surface area contributed by atoms with Crippen LogP contribution >= 0.6 is 0 Å². The van der Waals surface area contributed by atoms with Crippen LogP contribution < -0.4 is 19.7 Å². The van der Waals surface area contributed by atoms with E-state index < -0.39 is 34.5 Å². The second-order valence-corrected chi connectivity index (χ2v) is 11.8. The van der Waals surface area contributed by atoms with Gasteiger partial charge in [-0.2, -0.15) is 0 Å². The monoisotopic (exact) mass is 561 g/mol. The fourth-order valence-corrected chi connectivity index (χ4v) is 8.71. The Morgan fingerprint density at radius 2 is 1.78 bits per heavy atom. The van der Waals surface area contributed by atoms with Crippen molar-refractivity contribution in [1.82, 2.24) is 10.2 Å². The van der Waals surface area contributed by atoms with Crippen molar-refractivity contribution < 1.29 is 28.9 Å². The molecule has 0 bridgehead atoms. The van der Waals surface area contributed by atoms with Crippen LogP contribution in [0.3, 0.4) is 0 Å². The zero-order valence-corrected chi connectivity index (χ0v) is 24.3. The maximum atomic E-state index is 13.4. The molecular weight excluding hydrogens is 522 g/mol. The van der Waals surface area contributed by atoms with Gasteiger partial charge in [0.1, 0.15) is 23.2 Å². The molecule has 1 amide bonds. The third kappa shape index (κ3) is 3.74. The molecule has 3 aliphatic heterocycles. The van der Waals surface area contributed by atoms with Gasteiger partial charge in [0.25, 0.3) is 5.91 Å². The maximum Gasteiger partial charge on any atom is 0.303 e. The molecule has 2 aromatic rings. The van der Waals surface area contributed by atoms with Crippen LogP contribution in [0.2, 0.25) is 0 Å². The van der Waals surface area contributed by atoms with E-state index in [-0.39, 0.29) is 18.5 Å². The Balaban J connectivity index is 1.51. The van der Waals surface area contributed by atoms with Crippen molar-refractivity contribution in [3.8, 4) is 11.5 Å². The van der Waals surface area contributed by atoms with E-state index in [1.54, 1.807) is 38.5 Å². The molecule has 6 atom stereocenters. The molecule has 0 aromatic heterocycles. The first-order chi connectivity index (χ1) is 19.7. The molecule has 3 heterocycles. The molecule has 2 N–H and O–H groups in total. The number of benzene rings is 2. The average Bonchev–Trinajstić information content (AvgIpc) is 3.50. The smallest absolute Gasteiger partial charge is 0.303 e. The number of likely N-dealkylation sites (N-methyl/N-ethyl adjacent to an activating group) is 1. The molecule has 0 radical (unpaired) electrons. The number of anilines is 1. The molecule has 2 aromatic carbocycles. The molecule has 1 saturated heterocycles. The number of ether oxygens (including phenoxy) is 3. The predicted molar refractivity (Wildman–Crippen MR) is 155 cm³/mol. The molecule has 4 aliphatic rings. The summed E-state index contributed by atoms with van der Waals surface area (Å²) in [6.45, 7) is 5.04. The number of carbonyl (C=O) groups is 2. The molecule has 9 heteroatoms. The molecule has 2 fully saturated rings. The number of rotatable bonds is 7. The largest absolute Gasteiger partial charge is 0.497 e. The van der Waals surface area contributed by atoms with Gasteiger partial charge in [-0.1, -0.05) is 25.1 Å². The first-order valence-corrected chi connectivity index (χ1v) is 14.3. The number of carbonyl (C=O) groups excluding carboxylic acids is 2. The Bertz CT molecular complexity index is 1390. The molecule has 1 spiro atoms. The molecule has 218 valence electrons. The maximum absolute atomic E-state index is 13.4. The van der Waals surface area contributed by atoms with E-state index in [0.717, 1.165) is 36.5 Å². The van der Waals surface area contributed by atoms with Crippen molar-refractivity contribution in [1.29, 1.82) is 0 Å². The molecule has 1 aliphatic carbocycles. The van der Waals surface area contributed by atoms with Crippen LogP contribution in [0.1, 0.15) is 42.6 Å². The van der Waals surface area contributed by atoms with Crippen molar-refractivity contribution >= 4 is 17.6 Å². The molecule has 2 unspecified atom stereocenters. The van der Waals surface area contributed by atoms with E-state index in [0.29, 0.717) is 17.7 Å². The van der Waals surface area contributed by atoms with Crippen LogP contribution in [0, 0.1) is 5.41 Å². The summed E-state index contributed by atoms with van der Waals surface area (Å²) in [6, 6.07) is 12.5. The zero-order chi connectivity index (χ0) is 29.2. The summed E-state index contributed by atoms with van der Waals surface area (Å²) in [4.78, 5) is 30.7. The van der Waals surface area contributed by atoms with E-state index in [1.807, 2.05) is 19.2 Å². The van der Waals surface area contributed by atoms with Gasteiger partial charge in [-0.25, -0.2) is 0 Å². The molecule has 9 nitrogen and oxygen atoms in total. The summed E-state index contributed by atoms with van der Waals surface area (Å²) in [6.07, 6.45) is 4.90. The highest BCUT2D eigenvalue weighted by molar-refractivity contribution is 5.94. The summed E-state index contributed by atoms with van der Waals surface area (Å²) in [5.41, 5.74) is -0.165. The van der Waals surface area contributed by atoms with Gasteiger partial charge in [0.15, 0.2) is 0 Å². The number of nitrogens with zero attached hydrogens (tertiary/aromatic N) is 2. The van der Waals surface area contributed by atoms with Crippen LogP contribution in [-0.4, -0.2) is 86.6 Å². The summed E-state index contributed by atoms with van der Waals surface area (Å²) in [5, 5.41) is 16.1. The Morgan fingerprint density at radius 3 is 2.44 bits per heavy atom. The fourth-order valence-electron chi connectivity index (χ4n) is 8.71. The Labute approximate surface area is 241 Å². The number of esters is 1. The highest BCUT2D eigenvalue weighted by Crippen LogP contribution is 2.67. The second kappa shape index (κ2) is 9.77. The number of aliphatic hydroxyl groups is 1. The van der Waals surface area contributed by atoms with Crippen molar-refractivity contribution in [2.75, 3.05) is 45.8 Å². The van der Waals surface area contributed by atoms with E-state index in [2.05, 4.69) is 40.3 Å². The number of amides is 1. The summed E-state index contributed by atoms with van der Waals surface area (Å²) >= 11 is 0. The van der Waals surface area contributed by atoms with Crippen LogP contribution in [0.4, 0.5) is 5.69 Å². The highest BCUT2D eigenvalue weighted by atomic mass is 16.6. The van der Waals surface area contributed by atoms with E-state index >= 15 is 0 Å². The lowest BCUT2D eigenvalue weighted by atomic mass is 9.47. The van der Waals surface area contributed by atoms with Crippen molar-refractivity contribution in [3.05, 3.63) is 65.7 Å². The van der Waals surface area contributed by atoms with Crippen LogP contribution in [0.25, 0.3) is 0 Å². The molecule has 1 saturated carbocycles. The number of hydrogen-bond donors (Lipinski definition) is 2. The van der Waals surface area contributed by atoms with E-state index in [1.165, 1.54) is 6.92 Å². The summed E-state index contributed by atoms with van der Waals surface area (Å²) in [7, 11) is 5.21. The van der Waals surface area contributed by atoms with Crippen molar-refractivity contribution in [2.24, 2.45) is 5.41 Å². The lowest BCUT2D eigenvalue weighted by Crippen LogP contribution is -2.81. The molecule has 41 heavy (non-hydrogen) atoms. The third-order valence-electron chi connectivity index (χ3n) is 10.1. The Hall–Kier alpha value is -3.56. The van der Waals surface area contributed by atoms with Crippen molar-refractivity contribution in [2.45, 2.75) is 55.9 Å². The summed E-state index contributed by atoms with van der Waals surface area (Å²) in [5.74, 6) is 0.601. The summed E-state index contributed by atoms with van der Waals surface area (Å²) < 4.78 is 17.0. The lowest BCUT2D eigenvalue weighted by Gasteiger charge is -2.64. The van der Waals surface area contributed by atoms with E-state index in [4.69, 9.17) is 14.2 Å². The molecule has 6 rings (SSSR count). The van der Waals surface area contributed by atoms with Crippen molar-refractivity contribution in [3.63, 3.8) is 0 Å². The second-order valence-electron chi connectivity index (χ2n) is 11.8. The van der Waals surface area contributed by atoms with Crippen LogP contribution in [-0.2, 0) is 14.9 Å². The molecular formula is C32H39N3O6. The minimum atomic E-state index is -1.63. The number of nitrogens with one attached hydrogen (secondary N) is 1. The SMILES string of the molecule is CC[C@]12C=CCN3CC[C@@]4(c5ccc(OC)cc5N(C)[C@H]4C(O)(CNC(=O)c4ccc(OC)cc4)[C@@H]1OC(C)=O)C32. The lowest BCUT2D eigenvalue weighted by molar-refractivity contribution is -0.216. The minimum Gasteiger partial charge on any atom is -0.497 e. The third-order valence-corrected chi connectivity index (χ3v) is 10.1. The highest BCUT2D eigenvalue weighted by Gasteiger charge is 2.77. The van der Waals surface area contributed by atoms with E-state index in [9.17, 15) is 14.7 Å². The van der Waals surface area contributed by atoms with Crippen LogP contribution in [0.5, 0.6) is 11.5 Å². The fraction of sp³-hybridized carbons (Fsp3) is 0.500. The van der Waals surface area contributed by atoms with Gasteiger partial charge < -0.3 is 29.5 Å². The standard InChI is InChI=1S/C32H39N3O6/c1-6-30-14-7-16-35-17-15-31(27(30)35)24-13-12-23(40-5)18-25(24)34(3)28(31)32(38,29(30)41-20(2)36)19-33-26(37)21-8-10-22(39-4)11-9-21/h7-14,18,27-29,38H,6,15-17,19H2,1-5H3,(H,33,37)/t27?,28-,29-,30-,31-,32?/m1/s1.